The van der Waals surface area contributed by atoms with Gasteiger partial charge in [0, 0.05) is 16.8 Å². The van der Waals surface area contributed by atoms with E-state index in [4.69, 9.17) is 4.74 Å². The average Bonchev–Trinajstić information content (AvgIpc) is 3.18. The van der Waals surface area contributed by atoms with E-state index >= 15 is 0 Å². The smallest absolute Gasteiger partial charge is 0.310 e. The Kier molecular flexibility index (Phi) is 5.83. The molecule has 2 aromatic carbocycles. The Morgan fingerprint density at radius 2 is 1.97 bits per heavy atom. The maximum Gasteiger partial charge on any atom is 0.310 e. The predicted octanol–water partition coefficient (Wildman–Crippen LogP) is 5.77. The van der Waals surface area contributed by atoms with Crippen LogP contribution >= 0.6 is 11.3 Å². The van der Waals surface area contributed by atoms with E-state index in [1.165, 1.54) is 4.57 Å². The molecule has 6 heteroatoms. The van der Waals surface area contributed by atoms with Crippen LogP contribution in [0, 0.1) is 6.92 Å². The molecule has 0 fully saturated rings. The fourth-order valence-electron chi connectivity index (χ4n) is 3.74. The summed E-state index contributed by atoms with van der Waals surface area (Å²) >= 11 is 1.03. The minimum atomic E-state index is -0.206. The van der Waals surface area contributed by atoms with Crippen LogP contribution in [0.2, 0.25) is 0 Å². The maximum absolute atomic E-state index is 12.5. The minimum Gasteiger partial charge on any atom is -0.493 e. The van der Waals surface area contributed by atoms with Crippen molar-refractivity contribution in [2.24, 2.45) is 4.99 Å². The maximum atomic E-state index is 12.5. The lowest BCUT2D eigenvalue weighted by Crippen LogP contribution is -2.17. The zero-order valence-electron chi connectivity index (χ0n) is 18.2. The molecule has 1 N–H and O–H groups in total. The Bertz CT molecular complexity index is 1250. The molecule has 1 aromatic heterocycles. The summed E-state index contributed by atoms with van der Waals surface area (Å²) in [6.45, 7) is 8.78. The summed E-state index contributed by atoms with van der Waals surface area (Å²) < 4.78 is 7.37. The van der Waals surface area contributed by atoms with Gasteiger partial charge in [-0.3, -0.25) is 14.4 Å². The second-order valence-electron chi connectivity index (χ2n) is 8.02. The number of aromatic hydroxyl groups is 1. The number of fused-ring (bicyclic) bond motifs is 1. The summed E-state index contributed by atoms with van der Waals surface area (Å²) in [4.78, 5) is 17.4. The number of allylic oxidation sites excluding steroid dienone is 1. The molecule has 0 amide bonds. The molecule has 0 bridgehead atoms. The molecule has 31 heavy (non-hydrogen) atoms. The van der Waals surface area contributed by atoms with Gasteiger partial charge in [0.2, 0.25) is 5.88 Å². The van der Waals surface area contributed by atoms with Gasteiger partial charge in [-0.25, -0.2) is 0 Å². The van der Waals surface area contributed by atoms with Crippen LogP contribution in [0.15, 0.2) is 52.3 Å². The van der Waals surface area contributed by atoms with Gasteiger partial charge in [-0.15, -0.1) is 0 Å². The van der Waals surface area contributed by atoms with Crippen molar-refractivity contribution < 1.29 is 9.84 Å². The third-order valence-corrected chi connectivity index (χ3v) is 6.32. The van der Waals surface area contributed by atoms with E-state index in [9.17, 15) is 9.90 Å². The molecule has 1 aliphatic heterocycles. The molecule has 0 aliphatic carbocycles. The van der Waals surface area contributed by atoms with Crippen molar-refractivity contribution in [3.8, 4) is 11.6 Å². The summed E-state index contributed by atoms with van der Waals surface area (Å²) in [6, 6.07) is 14.0. The Morgan fingerprint density at radius 3 is 2.74 bits per heavy atom. The van der Waals surface area contributed by atoms with Gasteiger partial charge in [-0.2, -0.15) is 0 Å². The zero-order chi connectivity index (χ0) is 22.1. The number of hydrogen-bond donors (Lipinski definition) is 1. The van der Waals surface area contributed by atoms with Crippen LogP contribution in [0.1, 0.15) is 48.3 Å². The lowest BCUT2D eigenvalue weighted by Gasteiger charge is -2.15. The second kappa shape index (κ2) is 8.55. The average molecular weight is 435 g/mol. The fraction of sp³-hybridized carbons (Fsp3) is 0.280. The molecule has 0 saturated heterocycles. The lowest BCUT2D eigenvalue weighted by molar-refractivity contribution is 0.282. The SMILES string of the molecule is CC1=Nc2ccccc2/C1=C\c1sc(=O)n(CCOc2cc(C)ccc2C(C)C)c1O. The van der Waals surface area contributed by atoms with Crippen molar-refractivity contribution in [2.45, 2.75) is 40.2 Å². The van der Waals surface area contributed by atoms with Gasteiger partial charge in [0.05, 0.1) is 17.1 Å². The number of benzene rings is 2. The first-order chi connectivity index (χ1) is 14.8. The third-order valence-electron chi connectivity index (χ3n) is 5.40. The topological polar surface area (TPSA) is 63.8 Å². The lowest BCUT2D eigenvalue weighted by atomic mass is 10.0. The van der Waals surface area contributed by atoms with Gasteiger partial charge in [-0.1, -0.05) is 55.5 Å². The highest BCUT2D eigenvalue weighted by Crippen LogP contribution is 2.37. The van der Waals surface area contributed by atoms with Crippen LogP contribution in [-0.4, -0.2) is 22.0 Å². The molecule has 0 atom stereocenters. The van der Waals surface area contributed by atoms with Crippen molar-refractivity contribution in [1.82, 2.24) is 4.57 Å². The van der Waals surface area contributed by atoms with E-state index in [1.807, 2.05) is 50.3 Å². The number of aryl methyl sites for hydroxylation is 1. The molecule has 0 radical (unpaired) electrons. The number of thiazole rings is 1. The number of ether oxygens (including phenoxy) is 1. The normalized spacial score (nSPS) is 14.2. The summed E-state index contributed by atoms with van der Waals surface area (Å²) in [7, 11) is 0. The van der Waals surface area contributed by atoms with Crippen LogP contribution < -0.4 is 9.61 Å². The summed E-state index contributed by atoms with van der Waals surface area (Å²) in [6.07, 6.45) is 1.85. The first-order valence-corrected chi connectivity index (χ1v) is 11.2. The van der Waals surface area contributed by atoms with Crippen molar-refractivity contribution in [3.63, 3.8) is 0 Å². The monoisotopic (exact) mass is 434 g/mol. The minimum absolute atomic E-state index is 0.0309. The van der Waals surface area contributed by atoms with Crippen molar-refractivity contribution >= 4 is 34.4 Å². The Morgan fingerprint density at radius 1 is 1.19 bits per heavy atom. The number of aromatic nitrogens is 1. The van der Waals surface area contributed by atoms with Crippen molar-refractivity contribution in [1.29, 1.82) is 0 Å². The van der Waals surface area contributed by atoms with Crippen molar-refractivity contribution in [3.05, 3.63) is 73.7 Å². The van der Waals surface area contributed by atoms with Gasteiger partial charge in [0.1, 0.15) is 12.4 Å². The summed E-state index contributed by atoms with van der Waals surface area (Å²) in [5.74, 6) is 1.14. The molecule has 0 saturated carbocycles. The fourth-order valence-corrected chi connectivity index (χ4v) is 4.60. The van der Waals surface area contributed by atoms with Gasteiger partial charge in [0.25, 0.3) is 0 Å². The van der Waals surface area contributed by atoms with Crippen LogP contribution in [0.25, 0.3) is 11.6 Å². The Labute approximate surface area is 186 Å². The predicted molar refractivity (Wildman–Crippen MR) is 128 cm³/mol. The van der Waals surface area contributed by atoms with Crippen LogP contribution in [-0.2, 0) is 6.54 Å². The quantitative estimate of drug-likeness (QED) is 0.535. The van der Waals surface area contributed by atoms with Gasteiger partial charge in [0.15, 0.2) is 0 Å². The molecule has 1 aliphatic rings. The highest BCUT2D eigenvalue weighted by Gasteiger charge is 2.20. The van der Waals surface area contributed by atoms with E-state index in [0.717, 1.165) is 50.7 Å². The number of nitrogens with zero attached hydrogens (tertiary/aromatic N) is 2. The zero-order valence-corrected chi connectivity index (χ0v) is 19.0. The highest BCUT2D eigenvalue weighted by molar-refractivity contribution is 7.10. The Hall–Kier alpha value is -3.12. The summed E-state index contributed by atoms with van der Waals surface area (Å²) in [5.41, 5.74) is 5.97. The number of aliphatic imine (C=N–C) groups is 1. The largest absolute Gasteiger partial charge is 0.493 e. The third kappa shape index (κ3) is 4.21. The number of para-hydroxylation sites is 1. The van der Waals surface area contributed by atoms with E-state index in [1.54, 1.807) is 0 Å². The molecule has 0 unspecified atom stereocenters. The van der Waals surface area contributed by atoms with Gasteiger partial charge < -0.3 is 9.84 Å². The van der Waals surface area contributed by atoms with Crippen molar-refractivity contribution in [2.75, 3.05) is 6.61 Å². The van der Waals surface area contributed by atoms with Crippen LogP contribution in [0.5, 0.6) is 11.6 Å². The van der Waals surface area contributed by atoms with E-state index < -0.39 is 0 Å². The molecule has 4 rings (SSSR count). The summed E-state index contributed by atoms with van der Waals surface area (Å²) in [5, 5.41) is 10.7. The highest BCUT2D eigenvalue weighted by atomic mass is 32.1. The molecule has 3 aromatic rings. The van der Waals surface area contributed by atoms with Crippen LogP contribution in [0.4, 0.5) is 5.69 Å². The number of rotatable bonds is 6. The molecular weight excluding hydrogens is 408 g/mol. The van der Waals surface area contributed by atoms with E-state index in [-0.39, 0.29) is 17.3 Å². The molecular formula is C25H26N2O3S. The van der Waals surface area contributed by atoms with Gasteiger partial charge in [-0.05, 0) is 49.1 Å². The standard InChI is InChI=1S/C25H26N2O3S/c1-15(2)18-10-9-16(3)13-22(18)30-12-11-27-24(28)23(31-25(27)29)14-20-17(4)26-21-8-6-5-7-19(20)21/h5-10,13-15,28H,11-12H2,1-4H3/b20-14-. The second-order valence-corrected chi connectivity index (χ2v) is 9.02. The molecule has 5 nitrogen and oxygen atoms in total. The molecule has 2 heterocycles. The Balaban J connectivity index is 1.55. The van der Waals surface area contributed by atoms with Crippen LogP contribution in [0.3, 0.4) is 0 Å². The number of hydrogen-bond acceptors (Lipinski definition) is 5. The molecule has 160 valence electrons. The van der Waals surface area contributed by atoms with E-state index in [2.05, 4.69) is 31.0 Å². The molecule has 0 spiro atoms. The first kappa shape index (κ1) is 21.1. The van der Waals surface area contributed by atoms with Gasteiger partial charge >= 0.3 is 4.87 Å². The first-order valence-electron chi connectivity index (χ1n) is 10.4. The van der Waals surface area contributed by atoms with E-state index in [0.29, 0.717) is 17.4 Å².